The highest BCUT2D eigenvalue weighted by Crippen LogP contribution is 2.32. The predicted octanol–water partition coefficient (Wildman–Crippen LogP) is 4.02. The quantitative estimate of drug-likeness (QED) is 0.411. The van der Waals surface area contributed by atoms with Gasteiger partial charge in [-0.1, -0.05) is 13.8 Å². The van der Waals surface area contributed by atoms with Crippen LogP contribution >= 0.6 is 12.4 Å². The predicted molar refractivity (Wildman–Crippen MR) is 122 cm³/mol. The van der Waals surface area contributed by atoms with Crippen molar-refractivity contribution in [2.45, 2.75) is 20.3 Å². The maximum atomic E-state index is 12.4. The van der Waals surface area contributed by atoms with Crippen LogP contribution in [0.1, 0.15) is 41.0 Å². The van der Waals surface area contributed by atoms with Gasteiger partial charge in [0.2, 0.25) is 6.79 Å². The van der Waals surface area contributed by atoms with Crippen molar-refractivity contribution in [2.75, 3.05) is 44.9 Å². The van der Waals surface area contributed by atoms with E-state index in [2.05, 4.69) is 24.1 Å². The molecule has 31 heavy (non-hydrogen) atoms. The molecule has 0 fully saturated rings. The molecule has 2 aromatic carbocycles. The summed E-state index contributed by atoms with van der Waals surface area (Å²) >= 11 is 0. The molecule has 1 heterocycles. The number of likely N-dealkylation sites (N-methyl/N-ethyl adjacent to an activating group) is 1. The number of benzene rings is 2. The summed E-state index contributed by atoms with van der Waals surface area (Å²) in [7, 11) is 0. The molecule has 0 amide bonds. The summed E-state index contributed by atoms with van der Waals surface area (Å²) in [5.74, 6) is 0.964. The molecule has 0 bridgehead atoms. The Morgan fingerprint density at radius 2 is 1.68 bits per heavy atom. The van der Waals surface area contributed by atoms with Gasteiger partial charge in [0.05, 0.1) is 5.56 Å². The molecule has 8 heteroatoms. The van der Waals surface area contributed by atoms with E-state index in [9.17, 15) is 9.59 Å². The minimum atomic E-state index is -0.327. The molecule has 7 nitrogen and oxygen atoms in total. The summed E-state index contributed by atoms with van der Waals surface area (Å²) < 4.78 is 15.9. The summed E-state index contributed by atoms with van der Waals surface area (Å²) in [6.07, 6.45) is 0.342. The van der Waals surface area contributed by atoms with Crippen molar-refractivity contribution in [3.8, 4) is 11.5 Å². The third-order valence-electron chi connectivity index (χ3n) is 5.03. The lowest BCUT2D eigenvalue weighted by Crippen LogP contribution is -2.27. The zero-order valence-corrected chi connectivity index (χ0v) is 18.7. The second-order valence-corrected chi connectivity index (χ2v) is 6.91. The van der Waals surface area contributed by atoms with Crippen LogP contribution in [-0.2, 0) is 4.74 Å². The number of nitrogens with zero attached hydrogens (tertiary/aromatic N) is 1. The number of carbonyl (C=O) groups excluding carboxylic acids is 2. The van der Waals surface area contributed by atoms with Gasteiger partial charge in [-0.3, -0.25) is 4.79 Å². The summed E-state index contributed by atoms with van der Waals surface area (Å²) in [5, 5.41) is 3.20. The van der Waals surface area contributed by atoms with E-state index in [1.165, 1.54) is 0 Å². The second kappa shape index (κ2) is 12.2. The first kappa shape index (κ1) is 24.5. The van der Waals surface area contributed by atoms with E-state index in [0.717, 1.165) is 25.3 Å². The van der Waals surface area contributed by atoms with E-state index in [1.54, 1.807) is 30.3 Å². The highest BCUT2D eigenvalue weighted by atomic mass is 35.5. The lowest BCUT2D eigenvalue weighted by Gasteiger charge is -2.17. The van der Waals surface area contributed by atoms with Crippen molar-refractivity contribution < 1.29 is 23.8 Å². The van der Waals surface area contributed by atoms with Crippen molar-refractivity contribution >= 4 is 29.8 Å². The van der Waals surface area contributed by atoms with Crippen molar-refractivity contribution in [2.24, 2.45) is 0 Å². The lowest BCUT2D eigenvalue weighted by atomic mass is 10.1. The number of hydrogen-bond donors (Lipinski definition) is 1. The number of Topliss-reactive ketones (excluding diaryl/α,β-unsaturated/α-hetero) is 1. The zero-order chi connectivity index (χ0) is 21.3. The molecule has 0 saturated carbocycles. The highest BCUT2D eigenvalue weighted by molar-refractivity contribution is 5.97. The number of nitrogens with one attached hydrogen (secondary N) is 1. The molecule has 168 valence electrons. The van der Waals surface area contributed by atoms with E-state index in [0.29, 0.717) is 42.2 Å². The van der Waals surface area contributed by atoms with Gasteiger partial charge < -0.3 is 24.4 Å². The van der Waals surface area contributed by atoms with Crippen LogP contribution in [0.25, 0.3) is 0 Å². The minimum Gasteiger partial charge on any atom is -0.461 e. The van der Waals surface area contributed by atoms with E-state index < -0.39 is 0 Å². The van der Waals surface area contributed by atoms with Gasteiger partial charge in [0.25, 0.3) is 0 Å². The Balaban J connectivity index is 0.00000341. The van der Waals surface area contributed by atoms with Crippen molar-refractivity contribution in [3.63, 3.8) is 0 Å². The first-order chi connectivity index (χ1) is 14.6. The summed E-state index contributed by atoms with van der Waals surface area (Å²) in [4.78, 5) is 26.7. The molecule has 3 rings (SSSR count). The molecule has 0 aliphatic carbocycles. The number of ether oxygens (including phenoxy) is 3. The van der Waals surface area contributed by atoms with Crippen LogP contribution in [0.15, 0.2) is 42.5 Å². The third kappa shape index (κ3) is 6.87. The maximum absolute atomic E-state index is 12.4. The van der Waals surface area contributed by atoms with Crippen LogP contribution in [0.2, 0.25) is 0 Å². The largest absolute Gasteiger partial charge is 0.461 e. The number of halogens is 1. The number of hydrogen-bond acceptors (Lipinski definition) is 7. The van der Waals surface area contributed by atoms with E-state index >= 15 is 0 Å². The SMILES string of the molecule is CCN(CC)CCOC(=O)c1ccc(NCCC(=O)c2ccc3c(c2)OCO3)cc1.Cl. The van der Waals surface area contributed by atoms with Gasteiger partial charge in [0, 0.05) is 30.8 Å². The summed E-state index contributed by atoms with van der Waals surface area (Å²) in [6, 6.07) is 12.3. The summed E-state index contributed by atoms with van der Waals surface area (Å²) in [6.45, 7) is 7.82. The van der Waals surface area contributed by atoms with Crippen LogP contribution in [0.4, 0.5) is 5.69 Å². The van der Waals surface area contributed by atoms with Gasteiger partial charge in [-0.2, -0.15) is 0 Å². The standard InChI is InChI=1S/C23H28N2O5.ClH/c1-3-25(4-2)13-14-28-23(27)17-5-8-19(9-6-17)24-12-11-20(26)18-7-10-21-22(15-18)30-16-29-21;/h5-10,15,24H,3-4,11-14,16H2,1-2H3;1H. The molecule has 1 aliphatic rings. The Hall–Kier alpha value is -2.77. The van der Waals surface area contributed by atoms with Crippen molar-refractivity contribution in [3.05, 3.63) is 53.6 Å². The van der Waals surface area contributed by atoms with Gasteiger partial charge in [-0.25, -0.2) is 4.79 Å². The average Bonchev–Trinajstić information content (AvgIpc) is 3.25. The van der Waals surface area contributed by atoms with Crippen LogP contribution in [0.5, 0.6) is 11.5 Å². The highest BCUT2D eigenvalue weighted by Gasteiger charge is 2.16. The van der Waals surface area contributed by atoms with Gasteiger partial charge in [-0.15, -0.1) is 12.4 Å². The minimum absolute atomic E-state index is 0. The Morgan fingerprint density at radius 1 is 1.00 bits per heavy atom. The van der Waals surface area contributed by atoms with Crippen molar-refractivity contribution in [1.82, 2.24) is 4.90 Å². The van der Waals surface area contributed by atoms with Gasteiger partial charge in [-0.05, 0) is 55.6 Å². The van der Waals surface area contributed by atoms with E-state index in [4.69, 9.17) is 14.2 Å². The van der Waals surface area contributed by atoms with E-state index in [1.807, 2.05) is 12.1 Å². The fourth-order valence-electron chi connectivity index (χ4n) is 3.15. The molecule has 1 N–H and O–H groups in total. The number of esters is 1. The first-order valence-corrected chi connectivity index (χ1v) is 10.3. The number of ketones is 1. The molecule has 0 aromatic heterocycles. The third-order valence-corrected chi connectivity index (χ3v) is 5.03. The van der Waals surface area contributed by atoms with Crippen molar-refractivity contribution in [1.29, 1.82) is 0 Å². The van der Waals surface area contributed by atoms with Gasteiger partial charge in [0.1, 0.15) is 6.61 Å². The Kier molecular flexibility index (Phi) is 9.62. The molecule has 2 aromatic rings. The molecule has 0 unspecified atom stereocenters. The zero-order valence-electron chi connectivity index (χ0n) is 17.9. The smallest absolute Gasteiger partial charge is 0.338 e. The fraction of sp³-hybridized carbons (Fsp3) is 0.391. The Labute approximate surface area is 189 Å². The van der Waals surface area contributed by atoms with Crippen LogP contribution in [-0.4, -0.2) is 56.2 Å². The molecular formula is C23H29ClN2O5. The first-order valence-electron chi connectivity index (χ1n) is 10.3. The lowest BCUT2D eigenvalue weighted by molar-refractivity contribution is 0.0466. The Bertz CT molecular complexity index is 869. The topological polar surface area (TPSA) is 77.1 Å². The molecule has 0 spiro atoms. The molecular weight excluding hydrogens is 420 g/mol. The number of rotatable bonds is 11. The molecule has 0 saturated heterocycles. The number of anilines is 1. The molecule has 0 radical (unpaired) electrons. The molecule has 1 aliphatic heterocycles. The van der Waals surface area contributed by atoms with Crippen LogP contribution < -0.4 is 14.8 Å². The second-order valence-electron chi connectivity index (χ2n) is 6.91. The van der Waals surface area contributed by atoms with E-state index in [-0.39, 0.29) is 31.0 Å². The van der Waals surface area contributed by atoms with Crippen LogP contribution in [0.3, 0.4) is 0 Å². The van der Waals surface area contributed by atoms with Gasteiger partial charge >= 0.3 is 5.97 Å². The Morgan fingerprint density at radius 3 is 2.39 bits per heavy atom. The molecule has 0 atom stereocenters. The van der Waals surface area contributed by atoms with Crippen LogP contribution in [0, 0.1) is 0 Å². The number of carbonyl (C=O) groups is 2. The fourth-order valence-corrected chi connectivity index (χ4v) is 3.15. The maximum Gasteiger partial charge on any atom is 0.338 e. The van der Waals surface area contributed by atoms with Gasteiger partial charge in [0.15, 0.2) is 17.3 Å². The normalized spacial score (nSPS) is 11.7. The average molecular weight is 449 g/mol. The summed E-state index contributed by atoms with van der Waals surface area (Å²) in [5.41, 5.74) is 1.95. The monoisotopic (exact) mass is 448 g/mol. The number of fused-ring (bicyclic) bond motifs is 1.